The smallest absolute Gasteiger partial charge is 0.347 e. The summed E-state index contributed by atoms with van der Waals surface area (Å²) in [6.45, 7) is 9.87. The molecule has 2 fully saturated rings. The second-order valence-electron chi connectivity index (χ2n) is 8.66. The Hall–Kier alpha value is -2.68. The van der Waals surface area contributed by atoms with Gasteiger partial charge in [-0.1, -0.05) is 11.6 Å². The van der Waals surface area contributed by atoms with Crippen molar-refractivity contribution >= 4 is 29.8 Å². The first-order valence-corrected chi connectivity index (χ1v) is 11.8. The lowest BCUT2D eigenvalue weighted by atomic mass is 10.2. The number of piperazine rings is 1. The number of nitrogens with zero attached hydrogens (tertiary/aromatic N) is 5. The molecule has 1 aromatic heterocycles. The molecule has 33 heavy (non-hydrogen) atoms. The third-order valence-corrected chi connectivity index (χ3v) is 6.36. The summed E-state index contributed by atoms with van der Waals surface area (Å²) >= 11 is 5.93. The highest BCUT2D eigenvalue weighted by Gasteiger charge is 2.35. The summed E-state index contributed by atoms with van der Waals surface area (Å²) < 4.78 is 5.77. The van der Waals surface area contributed by atoms with Gasteiger partial charge in [0.15, 0.2) is 0 Å². The van der Waals surface area contributed by atoms with Crippen molar-refractivity contribution in [2.75, 3.05) is 45.8 Å². The fourth-order valence-electron chi connectivity index (χ4n) is 4.11. The topological polar surface area (TPSA) is 72.6 Å². The maximum atomic E-state index is 12.6. The zero-order valence-corrected chi connectivity index (χ0v) is 19.9. The molecule has 0 N–H and O–H groups in total. The quantitative estimate of drug-likeness (QED) is 0.434. The van der Waals surface area contributed by atoms with Crippen LogP contribution in [0, 0.1) is 0 Å². The Labute approximate surface area is 199 Å². The first kappa shape index (κ1) is 23.5. The van der Waals surface area contributed by atoms with Crippen LogP contribution < -0.4 is 0 Å². The summed E-state index contributed by atoms with van der Waals surface area (Å²) in [5.41, 5.74) is 0.892. The molecule has 0 atom stereocenters. The molecule has 176 valence electrons. The van der Waals surface area contributed by atoms with E-state index in [1.54, 1.807) is 18.2 Å². The molecule has 0 unspecified atom stereocenters. The molecular formula is C24H30ClN5O3. The van der Waals surface area contributed by atoms with Crippen molar-refractivity contribution in [3.63, 3.8) is 0 Å². The van der Waals surface area contributed by atoms with Crippen LogP contribution in [-0.2, 0) is 4.79 Å². The van der Waals surface area contributed by atoms with Crippen LogP contribution in [0.2, 0.25) is 5.02 Å². The van der Waals surface area contributed by atoms with Crippen molar-refractivity contribution in [2.24, 2.45) is 5.10 Å². The molecular weight excluding hydrogens is 442 g/mol. The maximum Gasteiger partial charge on any atom is 0.347 e. The number of hydrogen-bond donors (Lipinski definition) is 0. The zero-order valence-electron chi connectivity index (χ0n) is 19.1. The van der Waals surface area contributed by atoms with Gasteiger partial charge in [0, 0.05) is 49.4 Å². The van der Waals surface area contributed by atoms with Gasteiger partial charge in [0.1, 0.15) is 18.1 Å². The number of hydrogen-bond acceptors (Lipinski definition) is 6. The van der Waals surface area contributed by atoms with Crippen molar-refractivity contribution < 1.29 is 14.0 Å². The molecule has 8 nitrogen and oxygen atoms in total. The third kappa shape index (κ3) is 5.82. The normalized spacial score (nSPS) is 18.4. The lowest BCUT2D eigenvalue weighted by molar-refractivity contribution is -0.125. The lowest BCUT2D eigenvalue weighted by Crippen LogP contribution is -2.49. The number of furan rings is 1. The van der Waals surface area contributed by atoms with Gasteiger partial charge in [0.05, 0.1) is 6.21 Å². The number of amides is 3. The number of rotatable bonds is 8. The first-order chi connectivity index (χ1) is 15.9. The van der Waals surface area contributed by atoms with Crippen molar-refractivity contribution in [3.8, 4) is 11.3 Å². The average molecular weight is 472 g/mol. The maximum absolute atomic E-state index is 12.6. The molecule has 2 saturated heterocycles. The predicted molar refractivity (Wildman–Crippen MR) is 128 cm³/mol. The number of carbonyl (C=O) groups excluding carboxylic acids is 2. The third-order valence-electron chi connectivity index (χ3n) is 6.11. The average Bonchev–Trinajstić information content (AvgIpc) is 3.38. The van der Waals surface area contributed by atoms with Crippen molar-refractivity contribution in [2.45, 2.75) is 26.3 Å². The number of halogens is 1. The van der Waals surface area contributed by atoms with Gasteiger partial charge in [0.2, 0.25) is 0 Å². The predicted octanol–water partition coefficient (Wildman–Crippen LogP) is 3.61. The summed E-state index contributed by atoms with van der Waals surface area (Å²) in [5.74, 6) is 0.954. The van der Waals surface area contributed by atoms with Crippen LogP contribution in [0.3, 0.4) is 0 Å². The molecule has 3 amide bonds. The number of hydrazone groups is 1. The standard InChI is InChI=1S/C24H30ClN5O3/c1-18(2)28-14-12-27(13-15-28)10-3-11-29-23(31)17-30(24(29)32)26-16-21-8-9-22(33-21)19-4-6-20(25)7-5-19/h4-9,16,18H,3,10-15,17H2,1-2H3. The number of carbonyl (C=O) groups is 2. The molecule has 0 saturated carbocycles. The van der Waals surface area contributed by atoms with Crippen LogP contribution in [0.4, 0.5) is 4.79 Å². The molecule has 2 aliphatic heterocycles. The molecule has 3 heterocycles. The summed E-state index contributed by atoms with van der Waals surface area (Å²) in [5, 5.41) is 6.03. The minimum atomic E-state index is -0.384. The van der Waals surface area contributed by atoms with E-state index in [4.69, 9.17) is 16.0 Å². The molecule has 0 spiro atoms. The minimum absolute atomic E-state index is 0.0485. The van der Waals surface area contributed by atoms with Crippen molar-refractivity contribution in [1.29, 1.82) is 0 Å². The summed E-state index contributed by atoms with van der Waals surface area (Å²) in [4.78, 5) is 31.2. The second-order valence-corrected chi connectivity index (χ2v) is 9.10. The Balaban J connectivity index is 1.26. The highest BCUT2D eigenvalue weighted by Crippen LogP contribution is 2.23. The van der Waals surface area contributed by atoms with E-state index in [0.29, 0.717) is 29.1 Å². The lowest BCUT2D eigenvalue weighted by Gasteiger charge is -2.37. The van der Waals surface area contributed by atoms with Crippen LogP contribution in [-0.4, -0.2) is 89.7 Å². The van der Waals surface area contributed by atoms with Crippen LogP contribution in [0.5, 0.6) is 0 Å². The fourth-order valence-corrected chi connectivity index (χ4v) is 4.24. The zero-order chi connectivity index (χ0) is 23.4. The van der Waals surface area contributed by atoms with E-state index in [-0.39, 0.29) is 18.5 Å². The number of urea groups is 1. The van der Waals surface area contributed by atoms with Gasteiger partial charge >= 0.3 is 6.03 Å². The van der Waals surface area contributed by atoms with Gasteiger partial charge in [-0.2, -0.15) is 5.10 Å². The molecule has 9 heteroatoms. The molecule has 0 aliphatic carbocycles. The molecule has 4 rings (SSSR count). The highest BCUT2D eigenvalue weighted by atomic mass is 35.5. The van der Waals surface area contributed by atoms with E-state index < -0.39 is 0 Å². The van der Waals surface area contributed by atoms with Crippen LogP contribution in [0.15, 0.2) is 45.9 Å². The molecule has 1 aromatic carbocycles. The highest BCUT2D eigenvalue weighted by molar-refractivity contribution is 6.30. The Bertz CT molecular complexity index is 996. The largest absolute Gasteiger partial charge is 0.455 e. The Kier molecular flexibility index (Phi) is 7.47. The van der Waals surface area contributed by atoms with Crippen LogP contribution in [0.25, 0.3) is 11.3 Å². The first-order valence-electron chi connectivity index (χ1n) is 11.4. The second kappa shape index (κ2) is 10.5. The van der Waals surface area contributed by atoms with Crippen molar-refractivity contribution in [3.05, 3.63) is 47.2 Å². The van der Waals surface area contributed by atoms with Crippen molar-refractivity contribution in [1.82, 2.24) is 19.7 Å². The van der Waals surface area contributed by atoms with Gasteiger partial charge < -0.3 is 9.32 Å². The van der Waals surface area contributed by atoms with E-state index >= 15 is 0 Å². The summed E-state index contributed by atoms with van der Waals surface area (Å²) in [6, 6.07) is 11.1. The minimum Gasteiger partial charge on any atom is -0.455 e. The molecule has 0 bridgehead atoms. The van der Waals surface area contributed by atoms with Gasteiger partial charge in [-0.3, -0.25) is 14.6 Å². The summed E-state index contributed by atoms with van der Waals surface area (Å²) in [7, 11) is 0. The Morgan fingerprint density at radius 1 is 1.03 bits per heavy atom. The molecule has 2 aliphatic rings. The van der Waals surface area contributed by atoms with Gasteiger partial charge in [0.25, 0.3) is 5.91 Å². The SMILES string of the molecule is CC(C)N1CCN(CCCN2C(=O)CN(N=Cc3ccc(-c4ccc(Cl)cc4)o3)C2=O)CC1. The van der Waals surface area contributed by atoms with Crippen LogP contribution >= 0.6 is 11.6 Å². The molecule has 2 aromatic rings. The van der Waals surface area contributed by atoms with Crippen LogP contribution in [0.1, 0.15) is 26.0 Å². The van der Waals surface area contributed by atoms with E-state index in [0.717, 1.165) is 44.7 Å². The number of benzene rings is 1. The van der Waals surface area contributed by atoms with E-state index in [9.17, 15) is 9.59 Å². The van der Waals surface area contributed by atoms with Gasteiger partial charge in [-0.05, 0) is 63.2 Å². The number of imide groups is 1. The van der Waals surface area contributed by atoms with Gasteiger partial charge in [-0.25, -0.2) is 9.80 Å². The summed E-state index contributed by atoms with van der Waals surface area (Å²) in [6.07, 6.45) is 2.22. The fraction of sp³-hybridized carbons (Fsp3) is 0.458. The van der Waals surface area contributed by atoms with E-state index in [1.807, 2.05) is 18.2 Å². The van der Waals surface area contributed by atoms with Gasteiger partial charge in [-0.15, -0.1) is 0 Å². The molecule has 0 radical (unpaired) electrons. The monoisotopic (exact) mass is 471 g/mol. The van der Waals surface area contributed by atoms with E-state index in [2.05, 4.69) is 28.7 Å². The Morgan fingerprint density at radius 3 is 2.45 bits per heavy atom. The van der Waals surface area contributed by atoms with E-state index in [1.165, 1.54) is 16.1 Å². The Morgan fingerprint density at radius 2 is 1.76 bits per heavy atom.